The molecule has 0 heterocycles. The van der Waals surface area contributed by atoms with Gasteiger partial charge in [0.25, 0.3) is 0 Å². The molecule has 0 aromatic heterocycles. The minimum Gasteiger partial charge on any atom is -0.325 e. The van der Waals surface area contributed by atoms with Crippen LogP contribution in [0.3, 0.4) is 0 Å². The number of hydrogen-bond acceptors (Lipinski definition) is 1. The first-order valence-electron chi connectivity index (χ1n) is 4.76. The predicted molar refractivity (Wildman–Crippen MR) is 56.1 cm³/mol. The molecule has 0 spiro atoms. The Balaban J connectivity index is 2.27. The summed E-state index contributed by atoms with van der Waals surface area (Å²) in [4.78, 5) is 0. The first kappa shape index (κ1) is 9.94. The third-order valence-electron chi connectivity index (χ3n) is 2.78. The highest BCUT2D eigenvalue weighted by Crippen LogP contribution is 2.37. The first-order valence-corrected chi connectivity index (χ1v) is 5.13. The number of nitrogens with two attached hydrogens (primary N) is 1. The summed E-state index contributed by atoms with van der Waals surface area (Å²) < 4.78 is 12.7. The van der Waals surface area contributed by atoms with E-state index in [-0.39, 0.29) is 5.54 Å². The normalized spacial score (nSPS) is 18.2. The Labute approximate surface area is 88.1 Å². The van der Waals surface area contributed by atoms with Crippen molar-refractivity contribution in [2.24, 2.45) is 5.73 Å². The fraction of sp³-hybridized carbons (Fsp3) is 0.455. The Hall–Kier alpha value is -0.600. The molecule has 0 radical (unpaired) electrons. The second-order valence-electron chi connectivity index (χ2n) is 4.05. The van der Waals surface area contributed by atoms with Crippen LogP contribution in [0.5, 0.6) is 0 Å². The monoisotopic (exact) mass is 213 g/mol. The van der Waals surface area contributed by atoms with Gasteiger partial charge in [-0.05, 0) is 30.9 Å². The van der Waals surface area contributed by atoms with Gasteiger partial charge in [-0.15, -0.1) is 0 Å². The van der Waals surface area contributed by atoms with Crippen molar-refractivity contribution >= 4 is 11.6 Å². The highest BCUT2D eigenvalue weighted by Gasteiger charge is 2.38. The largest absolute Gasteiger partial charge is 0.325 e. The van der Waals surface area contributed by atoms with Gasteiger partial charge < -0.3 is 5.73 Å². The summed E-state index contributed by atoms with van der Waals surface area (Å²) >= 11 is 5.90. The summed E-state index contributed by atoms with van der Waals surface area (Å²) in [5.74, 6) is 0. The topological polar surface area (TPSA) is 26.0 Å². The van der Waals surface area contributed by atoms with E-state index in [0.29, 0.717) is 10.6 Å². The Bertz CT molecular complexity index is 347. The van der Waals surface area contributed by atoms with Crippen molar-refractivity contribution in [3.8, 4) is 0 Å². The predicted octanol–water partition coefficient (Wildman–Crippen LogP) is 2.84. The van der Waals surface area contributed by atoms with Gasteiger partial charge in [-0.3, -0.25) is 0 Å². The molecule has 1 saturated carbocycles. The Morgan fingerprint density at radius 3 is 2.71 bits per heavy atom. The van der Waals surface area contributed by atoms with Gasteiger partial charge in [0.1, 0.15) is 6.67 Å². The van der Waals surface area contributed by atoms with E-state index in [9.17, 15) is 4.39 Å². The van der Waals surface area contributed by atoms with Gasteiger partial charge in [0, 0.05) is 16.1 Å². The molecule has 1 nitrogen and oxygen atoms in total. The quantitative estimate of drug-likeness (QED) is 0.821. The van der Waals surface area contributed by atoms with Crippen molar-refractivity contribution in [2.75, 3.05) is 0 Å². The van der Waals surface area contributed by atoms with Gasteiger partial charge in [-0.2, -0.15) is 0 Å². The third-order valence-corrected chi connectivity index (χ3v) is 3.14. The molecule has 1 aliphatic carbocycles. The highest BCUT2D eigenvalue weighted by atomic mass is 35.5. The minimum atomic E-state index is -0.509. The van der Waals surface area contributed by atoms with Crippen LogP contribution in [0.15, 0.2) is 18.2 Å². The van der Waals surface area contributed by atoms with E-state index in [2.05, 4.69) is 0 Å². The van der Waals surface area contributed by atoms with Crippen molar-refractivity contribution in [3.05, 3.63) is 34.3 Å². The van der Waals surface area contributed by atoms with Crippen molar-refractivity contribution in [3.63, 3.8) is 0 Å². The van der Waals surface area contributed by atoms with Crippen molar-refractivity contribution in [1.29, 1.82) is 0 Å². The Morgan fingerprint density at radius 1 is 1.43 bits per heavy atom. The smallest absolute Gasteiger partial charge is 0.116 e. The summed E-state index contributed by atoms with van der Waals surface area (Å²) in [5, 5.41) is 0.509. The third kappa shape index (κ3) is 1.91. The number of rotatable bonds is 3. The van der Waals surface area contributed by atoms with E-state index >= 15 is 0 Å². The van der Waals surface area contributed by atoms with Crippen LogP contribution in [-0.4, -0.2) is 5.54 Å². The van der Waals surface area contributed by atoms with E-state index < -0.39 is 6.67 Å². The molecule has 0 unspecified atom stereocenters. The van der Waals surface area contributed by atoms with E-state index in [1.807, 2.05) is 12.1 Å². The molecule has 0 amide bonds. The molecule has 1 aliphatic rings. The lowest BCUT2D eigenvalue weighted by Crippen LogP contribution is -2.25. The maximum absolute atomic E-state index is 12.7. The molecule has 0 bridgehead atoms. The second-order valence-corrected chi connectivity index (χ2v) is 4.46. The minimum absolute atomic E-state index is 0.0887. The zero-order chi connectivity index (χ0) is 10.2. The lowest BCUT2D eigenvalue weighted by molar-refractivity contribution is 0.480. The van der Waals surface area contributed by atoms with Crippen molar-refractivity contribution < 1.29 is 4.39 Å². The fourth-order valence-electron chi connectivity index (χ4n) is 1.64. The lowest BCUT2D eigenvalue weighted by Gasteiger charge is -2.12. The zero-order valence-electron chi connectivity index (χ0n) is 7.89. The molecule has 1 aromatic carbocycles. The fourth-order valence-corrected chi connectivity index (χ4v) is 1.88. The van der Waals surface area contributed by atoms with Crippen molar-refractivity contribution in [1.82, 2.24) is 0 Å². The molecule has 1 aromatic rings. The Kier molecular flexibility index (Phi) is 2.50. The number of halogens is 2. The first-order chi connectivity index (χ1) is 6.64. The summed E-state index contributed by atoms with van der Waals surface area (Å²) in [7, 11) is 0. The van der Waals surface area contributed by atoms with Crippen LogP contribution in [0.2, 0.25) is 5.02 Å². The molecular formula is C11H13ClFN. The maximum atomic E-state index is 12.7. The van der Waals surface area contributed by atoms with Gasteiger partial charge in [0.2, 0.25) is 0 Å². The van der Waals surface area contributed by atoms with Crippen LogP contribution >= 0.6 is 11.6 Å². The van der Waals surface area contributed by atoms with E-state index in [0.717, 1.165) is 24.8 Å². The Morgan fingerprint density at radius 2 is 2.14 bits per heavy atom. The molecule has 3 heteroatoms. The summed E-state index contributed by atoms with van der Waals surface area (Å²) in [6.07, 6.45) is 2.81. The highest BCUT2D eigenvalue weighted by molar-refractivity contribution is 6.31. The SMILES string of the molecule is NC1(Cc2cccc(Cl)c2CF)CC1. The molecule has 76 valence electrons. The number of hydrogen-bond donors (Lipinski definition) is 1. The average Bonchev–Trinajstić information content (AvgIpc) is 2.84. The van der Waals surface area contributed by atoms with Crippen LogP contribution in [0.25, 0.3) is 0 Å². The van der Waals surface area contributed by atoms with E-state index in [4.69, 9.17) is 17.3 Å². The second kappa shape index (κ2) is 3.52. The van der Waals surface area contributed by atoms with Crippen LogP contribution in [0.4, 0.5) is 4.39 Å². The molecule has 0 atom stereocenters. The van der Waals surface area contributed by atoms with Gasteiger partial charge in [0.15, 0.2) is 0 Å². The summed E-state index contributed by atoms with van der Waals surface area (Å²) in [5.41, 5.74) is 7.46. The van der Waals surface area contributed by atoms with E-state index in [1.165, 1.54) is 0 Å². The number of benzene rings is 1. The molecule has 2 N–H and O–H groups in total. The van der Waals surface area contributed by atoms with Crippen LogP contribution < -0.4 is 5.73 Å². The summed E-state index contributed by atoms with van der Waals surface area (Å²) in [6, 6.07) is 5.48. The number of alkyl halides is 1. The molecule has 2 rings (SSSR count). The van der Waals surface area contributed by atoms with Gasteiger partial charge in [0.05, 0.1) is 0 Å². The van der Waals surface area contributed by atoms with Crippen LogP contribution in [0.1, 0.15) is 24.0 Å². The standard InChI is InChI=1S/C11H13ClFN/c12-10-3-1-2-8(9(10)7-13)6-11(14)4-5-11/h1-3H,4-7,14H2. The van der Waals surface area contributed by atoms with E-state index in [1.54, 1.807) is 6.07 Å². The van der Waals surface area contributed by atoms with Gasteiger partial charge in [-0.25, -0.2) is 4.39 Å². The molecule has 0 saturated heterocycles. The van der Waals surface area contributed by atoms with Crippen molar-refractivity contribution in [2.45, 2.75) is 31.5 Å². The maximum Gasteiger partial charge on any atom is 0.116 e. The molecule has 14 heavy (non-hydrogen) atoms. The van der Waals surface area contributed by atoms with Crippen LogP contribution in [0, 0.1) is 0 Å². The zero-order valence-corrected chi connectivity index (χ0v) is 8.65. The van der Waals surface area contributed by atoms with Gasteiger partial charge >= 0.3 is 0 Å². The molecular weight excluding hydrogens is 201 g/mol. The average molecular weight is 214 g/mol. The molecule has 1 fully saturated rings. The summed E-state index contributed by atoms with van der Waals surface area (Å²) in [6.45, 7) is -0.509. The molecule has 0 aliphatic heterocycles. The van der Waals surface area contributed by atoms with Gasteiger partial charge in [-0.1, -0.05) is 23.7 Å². The lowest BCUT2D eigenvalue weighted by atomic mass is 10.00. The van der Waals surface area contributed by atoms with Crippen LogP contribution in [-0.2, 0) is 13.1 Å².